The molecular weight excluding hydrogens is 428 g/mol. The Balaban J connectivity index is 1.50. The Hall–Kier alpha value is -2.65. The largest absolute Gasteiger partial charge is 0.466 e. The van der Waals surface area contributed by atoms with Crippen molar-refractivity contribution >= 4 is 51.7 Å². The van der Waals surface area contributed by atoms with Crippen LogP contribution in [-0.2, 0) is 20.7 Å². The molecule has 3 amide bonds. The Labute approximate surface area is 183 Å². The zero-order chi connectivity index (χ0) is 21.5. The van der Waals surface area contributed by atoms with Crippen LogP contribution >= 0.6 is 22.9 Å². The fourth-order valence-corrected chi connectivity index (χ4v) is 3.99. The second-order valence-corrected chi connectivity index (χ2v) is 8.13. The first-order valence-electron chi connectivity index (χ1n) is 9.67. The molecule has 2 aromatic rings. The molecule has 0 saturated carbocycles. The van der Waals surface area contributed by atoms with Gasteiger partial charge < -0.3 is 15.0 Å². The number of thiazole rings is 1. The molecular formula is C20H23ClN4O4S. The molecule has 1 aromatic carbocycles. The number of aromatic nitrogens is 1. The highest BCUT2D eigenvalue weighted by molar-refractivity contribution is 7.14. The Kier molecular flexibility index (Phi) is 7.64. The maximum Gasteiger partial charge on any atom is 0.325 e. The number of carbonyl (C=O) groups excluding carboxylic acids is 3. The minimum absolute atomic E-state index is 0.0912. The summed E-state index contributed by atoms with van der Waals surface area (Å²) in [5.74, 6) is -0.611. The van der Waals surface area contributed by atoms with Crippen LogP contribution in [0.1, 0.15) is 25.5 Å². The number of hydrogen-bond acceptors (Lipinski definition) is 6. The summed E-state index contributed by atoms with van der Waals surface area (Å²) in [6.07, 6.45) is 1.62. The number of hydrogen-bond donors (Lipinski definition) is 2. The Bertz CT molecular complexity index is 902. The molecule has 3 rings (SSSR count). The molecule has 1 saturated heterocycles. The molecule has 0 spiro atoms. The molecule has 0 unspecified atom stereocenters. The highest BCUT2D eigenvalue weighted by atomic mass is 35.5. The van der Waals surface area contributed by atoms with Gasteiger partial charge in [0.2, 0.25) is 5.91 Å². The van der Waals surface area contributed by atoms with Crippen molar-refractivity contribution in [1.82, 2.24) is 9.88 Å². The van der Waals surface area contributed by atoms with Crippen LogP contribution in [0.25, 0.3) is 0 Å². The van der Waals surface area contributed by atoms with E-state index in [1.807, 2.05) is 0 Å². The van der Waals surface area contributed by atoms with Gasteiger partial charge in [-0.25, -0.2) is 9.78 Å². The quantitative estimate of drug-likeness (QED) is 0.652. The molecule has 30 heavy (non-hydrogen) atoms. The summed E-state index contributed by atoms with van der Waals surface area (Å²) in [6.45, 7) is 3.10. The van der Waals surface area contributed by atoms with E-state index in [1.165, 1.54) is 11.3 Å². The standard InChI is InChI=1S/C20H23ClN4O4S/c1-2-29-18(27)13-4-3-9-25(11-13)17(26)10-16-12-30-20(23-16)24-19(28)22-15-7-5-14(21)6-8-15/h5-8,12-13H,2-4,9-11H2,1H3,(H2,22,23,24,28)/t13-/m0/s1. The van der Waals surface area contributed by atoms with Gasteiger partial charge >= 0.3 is 12.0 Å². The van der Waals surface area contributed by atoms with Gasteiger partial charge in [-0.15, -0.1) is 11.3 Å². The minimum Gasteiger partial charge on any atom is -0.466 e. The van der Waals surface area contributed by atoms with E-state index in [-0.39, 0.29) is 24.2 Å². The Morgan fingerprint density at radius 1 is 1.27 bits per heavy atom. The van der Waals surface area contributed by atoms with E-state index in [2.05, 4.69) is 15.6 Å². The first-order chi connectivity index (χ1) is 14.4. The number of amides is 3. The molecule has 1 atom stereocenters. The van der Waals surface area contributed by atoms with E-state index in [4.69, 9.17) is 16.3 Å². The van der Waals surface area contributed by atoms with Crippen LogP contribution < -0.4 is 10.6 Å². The van der Waals surface area contributed by atoms with Gasteiger partial charge in [-0.3, -0.25) is 14.9 Å². The second kappa shape index (κ2) is 10.4. The van der Waals surface area contributed by atoms with E-state index in [0.717, 1.165) is 12.8 Å². The third kappa shape index (κ3) is 6.17. The molecule has 0 bridgehead atoms. The summed E-state index contributed by atoms with van der Waals surface area (Å²) >= 11 is 7.07. The summed E-state index contributed by atoms with van der Waals surface area (Å²) in [7, 11) is 0. The number of halogens is 1. The smallest absolute Gasteiger partial charge is 0.325 e. The van der Waals surface area contributed by atoms with Gasteiger partial charge in [0.1, 0.15) is 0 Å². The summed E-state index contributed by atoms with van der Waals surface area (Å²) < 4.78 is 5.08. The molecule has 1 fully saturated rings. The number of nitrogens with one attached hydrogen (secondary N) is 2. The number of nitrogens with zero attached hydrogens (tertiary/aromatic N) is 2. The molecule has 8 nitrogen and oxygen atoms in total. The van der Waals surface area contributed by atoms with Gasteiger partial charge in [0, 0.05) is 29.2 Å². The number of urea groups is 1. The molecule has 1 aromatic heterocycles. The van der Waals surface area contributed by atoms with E-state index >= 15 is 0 Å². The number of benzene rings is 1. The minimum atomic E-state index is -0.433. The maximum absolute atomic E-state index is 12.6. The topological polar surface area (TPSA) is 101 Å². The Morgan fingerprint density at radius 2 is 2.03 bits per heavy atom. The van der Waals surface area contributed by atoms with E-state index in [9.17, 15) is 14.4 Å². The first-order valence-corrected chi connectivity index (χ1v) is 10.9. The summed E-state index contributed by atoms with van der Waals surface area (Å²) in [5.41, 5.74) is 1.18. The third-order valence-corrected chi connectivity index (χ3v) is 5.66. The van der Waals surface area contributed by atoms with Crippen molar-refractivity contribution in [3.05, 3.63) is 40.4 Å². The molecule has 2 N–H and O–H groups in total. The van der Waals surface area contributed by atoms with E-state index in [0.29, 0.717) is 41.2 Å². The number of ether oxygens (including phenoxy) is 1. The summed E-state index contributed by atoms with van der Waals surface area (Å²) in [5, 5.41) is 8.05. The average Bonchev–Trinajstić information content (AvgIpc) is 3.16. The molecule has 1 aliphatic heterocycles. The van der Waals surface area contributed by atoms with Gasteiger partial charge in [-0.05, 0) is 44.0 Å². The predicted molar refractivity (Wildman–Crippen MR) is 116 cm³/mol. The summed E-state index contributed by atoms with van der Waals surface area (Å²) in [6, 6.07) is 6.30. The van der Waals surface area contributed by atoms with Crippen molar-refractivity contribution < 1.29 is 19.1 Å². The molecule has 0 aliphatic carbocycles. The predicted octanol–water partition coefficient (Wildman–Crippen LogP) is 3.78. The van der Waals surface area contributed by atoms with Crippen LogP contribution in [0.2, 0.25) is 5.02 Å². The molecule has 160 valence electrons. The molecule has 1 aliphatic rings. The van der Waals surface area contributed by atoms with Crippen LogP contribution in [0.4, 0.5) is 15.6 Å². The van der Waals surface area contributed by atoms with Gasteiger partial charge in [-0.1, -0.05) is 11.6 Å². The number of piperidine rings is 1. The third-order valence-electron chi connectivity index (χ3n) is 4.60. The van der Waals surface area contributed by atoms with Crippen LogP contribution in [0.5, 0.6) is 0 Å². The van der Waals surface area contributed by atoms with Crippen molar-refractivity contribution in [3.8, 4) is 0 Å². The zero-order valence-electron chi connectivity index (χ0n) is 16.5. The van der Waals surface area contributed by atoms with Crippen molar-refractivity contribution in [2.75, 3.05) is 30.3 Å². The number of rotatable bonds is 6. The highest BCUT2D eigenvalue weighted by Gasteiger charge is 2.29. The second-order valence-electron chi connectivity index (χ2n) is 6.84. The van der Waals surface area contributed by atoms with Crippen LogP contribution in [0.3, 0.4) is 0 Å². The van der Waals surface area contributed by atoms with Crippen LogP contribution in [-0.4, -0.2) is 47.5 Å². The van der Waals surface area contributed by atoms with Gasteiger partial charge in [0.25, 0.3) is 0 Å². The molecule has 0 radical (unpaired) electrons. The zero-order valence-corrected chi connectivity index (χ0v) is 18.1. The van der Waals surface area contributed by atoms with Crippen molar-refractivity contribution in [1.29, 1.82) is 0 Å². The van der Waals surface area contributed by atoms with Gasteiger partial charge in [0.05, 0.1) is 24.6 Å². The van der Waals surface area contributed by atoms with Crippen molar-refractivity contribution in [3.63, 3.8) is 0 Å². The number of likely N-dealkylation sites (tertiary alicyclic amines) is 1. The first kappa shape index (κ1) is 22.0. The monoisotopic (exact) mass is 450 g/mol. The average molecular weight is 451 g/mol. The number of carbonyl (C=O) groups is 3. The SMILES string of the molecule is CCOC(=O)[C@H]1CCCN(C(=O)Cc2csc(NC(=O)Nc3ccc(Cl)cc3)n2)C1. The fraction of sp³-hybridized carbons (Fsp3) is 0.400. The van der Waals surface area contributed by atoms with Crippen LogP contribution in [0.15, 0.2) is 29.6 Å². The van der Waals surface area contributed by atoms with E-state index in [1.54, 1.807) is 41.5 Å². The maximum atomic E-state index is 12.6. The lowest BCUT2D eigenvalue weighted by Crippen LogP contribution is -2.43. The van der Waals surface area contributed by atoms with Gasteiger partial charge in [-0.2, -0.15) is 0 Å². The lowest BCUT2D eigenvalue weighted by atomic mass is 9.98. The molecule has 2 heterocycles. The van der Waals surface area contributed by atoms with Crippen molar-refractivity contribution in [2.24, 2.45) is 5.92 Å². The van der Waals surface area contributed by atoms with E-state index < -0.39 is 6.03 Å². The lowest BCUT2D eigenvalue weighted by Gasteiger charge is -2.31. The summed E-state index contributed by atoms with van der Waals surface area (Å²) in [4.78, 5) is 42.7. The number of anilines is 2. The normalized spacial score (nSPS) is 16.1. The fourth-order valence-electron chi connectivity index (χ4n) is 3.16. The van der Waals surface area contributed by atoms with Gasteiger partial charge in [0.15, 0.2) is 5.13 Å². The highest BCUT2D eigenvalue weighted by Crippen LogP contribution is 2.21. The lowest BCUT2D eigenvalue weighted by molar-refractivity contribution is -0.151. The Morgan fingerprint density at radius 3 is 2.77 bits per heavy atom. The van der Waals surface area contributed by atoms with Crippen LogP contribution in [0, 0.1) is 5.92 Å². The van der Waals surface area contributed by atoms with Crippen molar-refractivity contribution in [2.45, 2.75) is 26.2 Å². The molecule has 10 heteroatoms. The number of esters is 1.